The van der Waals surface area contributed by atoms with Crippen molar-refractivity contribution in [2.45, 2.75) is 6.42 Å². The fourth-order valence-electron chi connectivity index (χ4n) is 2.74. The number of benzene rings is 2. The minimum absolute atomic E-state index is 0. The third kappa shape index (κ3) is 6.67. The van der Waals surface area contributed by atoms with E-state index in [1.807, 2.05) is 18.2 Å². The molecule has 0 atom stereocenters. The van der Waals surface area contributed by atoms with Crippen molar-refractivity contribution in [2.24, 2.45) is 4.99 Å². The number of amides is 1. The van der Waals surface area contributed by atoms with Gasteiger partial charge in [-0.2, -0.15) is 0 Å². The number of hydrogen-bond acceptors (Lipinski definition) is 4. The zero-order chi connectivity index (χ0) is 19.8. The Hall–Kier alpha value is -2.20. The van der Waals surface area contributed by atoms with Gasteiger partial charge < -0.3 is 25.4 Å². The van der Waals surface area contributed by atoms with Gasteiger partial charge in [-0.1, -0.05) is 29.8 Å². The summed E-state index contributed by atoms with van der Waals surface area (Å²) in [5.74, 6) is 2.05. The normalized spacial score (nSPS) is 12.1. The molecule has 3 N–H and O–H groups in total. The lowest BCUT2D eigenvalue weighted by molar-refractivity contribution is 0.0954. The minimum Gasteiger partial charge on any atom is -0.454 e. The number of rotatable bonds is 7. The number of hydrogen-bond donors (Lipinski definition) is 3. The Morgan fingerprint density at radius 3 is 2.55 bits per heavy atom. The Morgan fingerprint density at radius 2 is 1.76 bits per heavy atom. The van der Waals surface area contributed by atoms with Crippen LogP contribution in [0.1, 0.15) is 15.9 Å². The molecule has 1 amide bonds. The first-order chi connectivity index (χ1) is 13.7. The molecule has 0 bridgehead atoms. The monoisotopic (exact) mass is 530 g/mol. The smallest absolute Gasteiger partial charge is 0.252 e. The molecule has 2 aromatic rings. The summed E-state index contributed by atoms with van der Waals surface area (Å²) in [6.07, 6.45) is 0.820. The Kier molecular flexibility index (Phi) is 9.33. The summed E-state index contributed by atoms with van der Waals surface area (Å²) in [5, 5.41) is 9.68. The van der Waals surface area contributed by atoms with Crippen molar-refractivity contribution >= 4 is 47.4 Å². The molecule has 7 nitrogen and oxygen atoms in total. The van der Waals surface area contributed by atoms with Crippen LogP contribution in [0.5, 0.6) is 11.5 Å². The number of carbonyl (C=O) groups is 1. The molecule has 9 heteroatoms. The Bertz CT molecular complexity index is 863. The van der Waals surface area contributed by atoms with Gasteiger partial charge in [-0.05, 0) is 36.2 Å². The highest BCUT2D eigenvalue weighted by Gasteiger charge is 2.13. The van der Waals surface area contributed by atoms with Crippen molar-refractivity contribution < 1.29 is 14.3 Å². The highest BCUT2D eigenvalue weighted by Crippen LogP contribution is 2.32. The third-order valence-corrected chi connectivity index (χ3v) is 4.52. The lowest BCUT2D eigenvalue weighted by Crippen LogP contribution is -2.42. The van der Waals surface area contributed by atoms with E-state index in [2.05, 4.69) is 20.9 Å². The van der Waals surface area contributed by atoms with Crippen LogP contribution in [-0.2, 0) is 6.42 Å². The molecule has 1 aliphatic heterocycles. The van der Waals surface area contributed by atoms with Crippen LogP contribution in [0.3, 0.4) is 0 Å². The summed E-state index contributed by atoms with van der Waals surface area (Å²) in [7, 11) is 1.71. The molecule has 156 valence electrons. The zero-order valence-corrected chi connectivity index (χ0v) is 19.1. The molecule has 0 spiro atoms. The molecule has 3 rings (SSSR count). The number of ether oxygens (including phenoxy) is 2. The number of carbonyl (C=O) groups excluding carboxylic acids is 1. The van der Waals surface area contributed by atoms with E-state index in [1.54, 1.807) is 31.3 Å². The lowest BCUT2D eigenvalue weighted by atomic mass is 10.1. The first-order valence-electron chi connectivity index (χ1n) is 9.03. The van der Waals surface area contributed by atoms with Gasteiger partial charge in [0, 0.05) is 26.7 Å². The maximum Gasteiger partial charge on any atom is 0.252 e. The van der Waals surface area contributed by atoms with Gasteiger partial charge in [0.15, 0.2) is 17.5 Å². The van der Waals surface area contributed by atoms with Crippen LogP contribution in [0, 0.1) is 0 Å². The molecule has 0 unspecified atom stereocenters. The van der Waals surface area contributed by atoms with Crippen molar-refractivity contribution in [3.05, 3.63) is 58.6 Å². The van der Waals surface area contributed by atoms with Gasteiger partial charge in [0.05, 0.1) is 10.6 Å². The third-order valence-electron chi connectivity index (χ3n) is 4.19. The van der Waals surface area contributed by atoms with Gasteiger partial charge in [0.25, 0.3) is 5.91 Å². The van der Waals surface area contributed by atoms with Crippen molar-refractivity contribution in [1.82, 2.24) is 16.0 Å². The Labute approximate surface area is 192 Å². The van der Waals surface area contributed by atoms with Crippen molar-refractivity contribution in [2.75, 3.05) is 33.5 Å². The molecule has 1 heterocycles. The second-order valence-electron chi connectivity index (χ2n) is 6.10. The van der Waals surface area contributed by atoms with Gasteiger partial charge in [-0.15, -0.1) is 24.0 Å². The summed E-state index contributed by atoms with van der Waals surface area (Å²) in [6.45, 7) is 1.98. The lowest BCUT2D eigenvalue weighted by Gasteiger charge is -2.13. The van der Waals surface area contributed by atoms with E-state index in [4.69, 9.17) is 21.1 Å². The second kappa shape index (κ2) is 11.7. The summed E-state index contributed by atoms with van der Waals surface area (Å²) in [5.41, 5.74) is 1.62. The summed E-state index contributed by atoms with van der Waals surface area (Å²) < 4.78 is 10.7. The molecule has 29 heavy (non-hydrogen) atoms. The van der Waals surface area contributed by atoms with Crippen LogP contribution in [0.15, 0.2) is 47.5 Å². The Balaban J connectivity index is 0.00000300. The number of fused-ring (bicyclic) bond motifs is 1. The average molecular weight is 531 g/mol. The molecule has 0 aliphatic carbocycles. The highest BCUT2D eigenvalue weighted by atomic mass is 127. The number of aliphatic imine (C=N–C) groups is 1. The first-order valence-corrected chi connectivity index (χ1v) is 9.41. The van der Waals surface area contributed by atoms with Gasteiger partial charge in [0.1, 0.15) is 0 Å². The van der Waals surface area contributed by atoms with E-state index in [0.717, 1.165) is 23.5 Å². The average Bonchev–Trinajstić information content (AvgIpc) is 3.17. The quantitative estimate of drug-likeness (QED) is 0.222. The number of guanidine groups is 1. The highest BCUT2D eigenvalue weighted by molar-refractivity contribution is 14.0. The van der Waals surface area contributed by atoms with Crippen molar-refractivity contribution in [1.29, 1.82) is 0 Å². The standard InChI is InChI=1S/C20H23ClN4O3.HI/c1-22-20(24-9-8-14-6-7-17-18(12-14)28-13-27-17)25-11-10-23-19(26)15-4-2-3-5-16(15)21;/h2-7,12H,8-11,13H2,1H3,(H,23,26)(H2,22,24,25);1H. The first kappa shape index (κ1) is 23.1. The van der Waals surface area contributed by atoms with E-state index in [1.165, 1.54) is 0 Å². The van der Waals surface area contributed by atoms with Gasteiger partial charge in [-0.3, -0.25) is 9.79 Å². The zero-order valence-electron chi connectivity index (χ0n) is 16.0. The number of halogens is 2. The van der Waals surface area contributed by atoms with Crippen LogP contribution in [-0.4, -0.2) is 45.3 Å². The van der Waals surface area contributed by atoms with Crippen LogP contribution < -0.4 is 25.4 Å². The fraction of sp³-hybridized carbons (Fsp3) is 0.300. The predicted octanol–water partition coefficient (Wildman–Crippen LogP) is 2.82. The molecule has 0 saturated carbocycles. The largest absolute Gasteiger partial charge is 0.454 e. The van der Waals surface area contributed by atoms with Crippen molar-refractivity contribution in [3.63, 3.8) is 0 Å². The molecule has 2 aromatic carbocycles. The molecule has 0 fully saturated rings. The summed E-state index contributed by atoms with van der Waals surface area (Å²) in [4.78, 5) is 16.3. The maximum atomic E-state index is 12.1. The predicted molar refractivity (Wildman–Crippen MR) is 125 cm³/mol. The van der Waals surface area contributed by atoms with Crippen LogP contribution >= 0.6 is 35.6 Å². The van der Waals surface area contributed by atoms with E-state index in [0.29, 0.717) is 36.2 Å². The maximum absolute atomic E-state index is 12.1. The molecule has 0 aromatic heterocycles. The topological polar surface area (TPSA) is 84.0 Å². The van der Waals surface area contributed by atoms with Crippen LogP contribution in [0.4, 0.5) is 0 Å². The fourth-order valence-corrected chi connectivity index (χ4v) is 2.96. The van der Waals surface area contributed by atoms with E-state index in [-0.39, 0.29) is 36.7 Å². The number of nitrogens with zero attached hydrogens (tertiary/aromatic N) is 1. The van der Waals surface area contributed by atoms with Gasteiger partial charge in [-0.25, -0.2) is 0 Å². The SMILES string of the molecule is CN=C(NCCNC(=O)c1ccccc1Cl)NCCc1ccc2c(c1)OCO2.I. The minimum atomic E-state index is -0.196. The summed E-state index contributed by atoms with van der Waals surface area (Å²) >= 11 is 6.02. The van der Waals surface area contributed by atoms with Crippen LogP contribution in [0.25, 0.3) is 0 Å². The van der Waals surface area contributed by atoms with Crippen molar-refractivity contribution in [3.8, 4) is 11.5 Å². The Morgan fingerprint density at radius 1 is 1.03 bits per heavy atom. The van der Waals surface area contributed by atoms with E-state index in [9.17, 15) is 4.79 Å². The summed E-state index contributed by atoms with van der Waals surface area (Å²) in [6, 6.07) is 12.9. The van der Waals surface area contributed by atoms with E-state index >= 15 is 0 Å². The van der Waals surface area contributed by atoms with E-state index < -0.39 is 0 Å². The molecule has 0 saturated heterocycles. The molecule has 0 radical (unpaired) electrons. The van der Waals surface area contributed by atoms with Crippen LogP contribution in [0.2, 0.25) is 5.02 Å². The number of nitrogens with one attached hydrogen (secondary N) is 3. The second-order valence-corrected chi connectivity index (χ2v) is 6.51. The molecular weight excluding hydrogens is 507 g/mol. The van der Waals surface area contributed by atoms with Gasteiger partial charge in [0.2, 0.25) is 6.79 Å². The van der Waals surface area contributed by atoms with Gasteiger partial charge >= 0.3 is 0 Å². The molecular formula is C20H24ClIN4O3. The molecule has 1 aliphatic rings.